The van der Waals surface area contributed by atoms with Crippen molar-refractivity contribution < 1.29 is 19.4 Å². The molecule has 23 heavy (non-hydrogen) atoms. The highest BCUT2D eigenvalue weighted by Crippen LogP contribution is 2.30. The number of benzene rings is 2. The van der Waals surface area contributed by atoms with E-state index in [2.05, 4.69) is 0 Å². The number of carboxylic acid groups (broad SMARTS) is 1. The van der Waals surface area contributed by atoms with Crippen molar-refractivity contribution >= 4 is 6.16 Å². The summed E-state index contributed by atoms with van der Waals surface area (Å²) >= 11 is 0. The van der Waals surface area contributed by atoms with Crippen molar-refractivity contribution in [3.63, 3.8) is 0 Å². The van der Waals surface area contributed by atoms with E-state index in [0.29, 0.717) is 13.1 Å². The third-order valence-electron chi connectivity index (χ3n) is 3.94. The molecular weight excluding hydrogens is 294 g/mol. The maximum absolute atomic E-state index is 11.1. The van der Waals surface area contributed by atoms with Crippen LogP contribution in [0, 0.1) is 0 Å². The molecule has 0 aromatic heterocycles. The van der Waals surface area contributed by atoms with E-state index in [-0.39, 0.29) is 13.2 Å². The zero-order valence-electron chi connectivity index (χ0n) is 12.7. The van der Waals surface area contributed by atoms with Gasteiger partial charge in [0.1, 0.15) is 13.2 Å². The van der Waals surface area contributed by atoms with Crippen LogP contribution in [-0.4, -0.2) is 35.1 Å². The SMILES string of the molecule is O=C(O)OC1(N(Cc2ccccc2)Cc2ccccc2)COC1. The first-order valence-corrected chi connectivity index (χ1v) is 7.50. The van der Waals surface area contributed by atoms with Gasteiger partial charge in [0, 0.05) is 13.1 Å². The zero-order valence-corrected chi connectivity index (χ0v) is 12.7. The lowest BCUT2D eigenvalue weighted by Crippen LogP contribution is -2.63. The van der Waals surface area contributed by atoms with Gasteiger partial charge in [-0.2, -0.15) is 0 Å². The molecule has 1 aliphatic rings. The van der Waals surface area contributed by atoms with Crippen molar-refractivity contribution in [2.75, 3.05) is 13.2 Å². The van der Waals surface area contributed by atoms with E-state index in [1.54, 1.807) is 0 Å². The van der Waals surface area contributed by atoms with Crippen LogP contribution >= 0.6 is 0 Å². The van der Waals surface area contributed by atoms with E-state index in [1.165, 1.54) is 0 Å². The maximum atomic E-state index is 11.1. The molecule has 0 spiro atoms. The Labute approximate surface area is 135 Å². The van der Waals surface area contributed by atoms with Gasteiger partial charge in [-0.25, -0.2) is 4.79 Å². The van der Waals surface area contributed by atoms with Crippen LogP contribution in [-0.2, 0) is 22.6 Å². The summed E-state index contributed by atoms with van der Waals surface area (Å²) < 4.78 is 10.5. The molecule has 0 radical (unpaired) electrons. The Bertz CT molecular complexity index is 599. The molecule has 1 heterocycles. The Morgan fingerprint density at radius 1 is 1.00 bits per heavy atom. The van der Waals surface area contributed by atoms with Gasteiger partial charge >= 0.3 is 6.16 Å². The Morgan fingerprint density at radius 3 is 1.83 bits per heavy atom. The molecule has 0 saturated carbocycles. The van der Waals surface area contributed by atoms with E-state index >= 15 is 0 Å². The first kappa shape index (κ1) is 15.5. The van der Waals surface area contributed by atoms with Crippen molar-refractivity contribution in [1.82, 2.24) is 4.90 Å². The monoisotopic (exact) mass is 313 g/mol. The molecule has 2 aromatic rings. The Kier molecular flexibility index (Phi) is 4.60. The highest BCUT2D eigenvalue weighted by Gasteiger charge is 2.48. The summed E-state index contributed by atoms with van der Waals surface area (Å²) in [5.74, 6) is 0. The summed E-state index contributed by atoms with van der Waals surface area (Å²) in [5, 5.41) is 9.09. The third kappa shape index (κ3) is 3.70. The number of hydrogen-bond acceptors (Lipinski definition) is 4. The van der Waals surface area contributed by atoms with Crippen molar-refractivity contribution in [3.05, 3.63) is 71.8 Å². The largest absolute Gasteiger partial charge is 0.507 e. The number of ether oxygens (including phenoxy) is 2. The summed E-state index contributed by atoms with van der Waals surface area (Å²) in [6.07, 6.45) is -1.28. The average molecular weight is 313 g/mol. The van der Waals surface area contributed by atoms with E-state index in [9.17, 15) is 4.79 Å². The number of nitrogens with zero attached hydrogens (tertiary/aromatic N) is 1. The Hall–Kier alpha value is -2.37. The van der Waals surface area contributed by atoms with Gasteiger partial charge in [0.2, 0.25) is 5.72 Å². The molecule has 1 saturated heterocycles. The molecule has 0 atom stereocenters. The van der Waals surface area contributed by atoms with Gasteiger partial charge in [0.25, 0.3) is 0 Å². The van der Waals surface area contributed by atoms with Crippen LogP contribution < -0.4 is 0 Å². The zero-order chi connectivity index (χ0) is 16.1. The molecule has 5 heteroatoms. The normalized spacial score (nSPS) is 15.9. The van der Waals surface area contributed by atoms with Crippen LogP contribution in [0.3, 0.4) is 0 Å². The molecule has 0 aliphatic carbocycles. The quantitative estimate of drug-likeness (QED) is 0.656. The van der Waals surface area contributed by atoms with Crippen LogP contribution in [0.5, 0.6) is 0 Å². The molecule has 0 amide bonds. The second-order valence-electron chi connectivity index (χ2n) is 5.63. The second kappa shape index (κ2) is 6.81. The predicted molar refractivity (Wildman–Crippen MR) is 84.8 cm³/mol. The lowest BCUT2D eigenvalue weighted by Gasteiger charge is -2.47. The van der Waals surface area contributed by atoms with Gasteiger partial charge in [-0.15, -0.1) is 0 Å². The minimum Gasteiger partial charge on any atom is -0.450 e. The summed E-state index contributed by atoms with van der Waals surface area (Å²) in [6, 6.07) is 19.9. The molecule has 0 bridgehead atoms. The van der Waals surface area contributed by atoms with Crippen molar-refractivity contribution in [2.24, 2.45) is 0 Å². The van der Waals surface area contributed by atoms with Gasteiger partial charge in [-0.3, -0.25) is 4.90 Å². The van der Waals surface area contributed by atoms with Crippen molar-refractivity contribution in [2.45, 2.75) is 18.8 Å². The fourth-order valence-electron chi connectivity index (χ4n) is 2.70. The fourth-order valence-corrected chi connectivity index (χ4v) is 2.70. The van der Waals surface area contributed by atoms with Gasteiger partial charge < -0.3 is 14.6 Å². The van der Waals surface area contributed by atoms with Crippen LogP contribution in [0.4, 0.5) is 4.79 Å². The standard InChI is InChI=1S/C18H19NO4/c20-17(21)23-18(13-22-14-18)19(11-15-7-3-1-4-8-15)12-16-9-5-2-6-10-16/h1-10H,11-14H2,(H,20,21). The van der Waals surface area contributed by atoms with Crippen LogP contribution in [0.25, 0.3) is 0 Å². The van der Waals surface area contributed by atoms with Gasteiger partial charge in [0.05, 0.1) is 0 Å². The first-order chi connectivity index (χ1) is 11.2. The highest BCUT2D eigenvalue weighted by molar-refractivity contribution is 5.57. The third-order valence-corrected chi connectivity index (χ3v) is 3.94. The molecule has 1 fully saturated rings. The molecule has 1 N–H and O–H groups in total. The maximum Gasteiger partial charge on any atom is 0.507 e. The first-order valence-electron chi connectivity index (χ1n) is 7.50. The van der Waals surface area contributed by atoms with Gasteiger partial charge in [-0.1, -0.05) is 60.7 Å². The van der Waals surface area contributed by atoms with Crippen LogP contribution in [0.1, 0.15) is 11.1 Å². The highest BCUT2D eigenvalue weighted by atomic mass is 16.7. The number of hydrogen-bond donors (Lipinski definition) is 1. The van der Waals surface area contributed by atoms with Gasteiger partial charge in [-0.05, 0) is 11.1 Å². The summed E-state index contributed by atoms with van der Waals surface area (Å²) in [4.78, 5) is 13.1. The number of carbonyl (C=O) groups is 1. The minimum absolute atomic E-state index is 0.249. The number of rotatable bonds is 6. The molecule has 5 nitrogen and oxygen atoms in total. The molecule has 2 aromatic carbocycles. The molecular formula is C18H19NO4. The Balaban J connectivity index is 1.84. The topological polar surface area (TPSA) is 59.0 Å². The second-order valence-corrected chi connectivity index (χ2v) is 5.63. The molecule has 120 valence electrons. The predicted octanol–water partition coefficient (Wildman–Crippen LogP) is 3.11. The summed E-state index contributed by atoms with van der Waals surface area (Å²) in [7, 11) is 0. The smallest absolute Gasteiger partial charge is 0.450 e. The van der Waals surface area contributed by atoms with E-state index < -0.39 is 11.9 Å². The molecule has 3 rings (SSSR count). The average Bonchev–Trinajstić information content (AvgIpc) is 2.52. The minimum atomic E-state index is -1.28. The van der Waals surface area contributed by atoms with Crippen molar-refractivity contribution in [1.29, 1.82) is 0 Å². The van der Waals surface area contributed by atoms with E-state index in [0.717, 1.165) is 11.1 Å². The van der Waals surface area contributed by atoms with Gasteiger partial charge in [0.15, 0.2) is 0 Å². The lowest BCUT2D eigenvalue weighted by atomic mass is 10.1. The fraction of sp³-hybridized carbons (Fsp3) is 0.278. The molecule has 0 unspecified atom stereocenters. The van der Waals surface area contributed by atoms with E-state index in [4.69, 9.17) is 14.6 Å². The summed E-state index contributed by atoms with van der Waals surface area (Å²) in [6.45, 7) is 1.68. The van der Waals surface area contributed by atoms with Crippen molar-refractivity contribution in [3.8, 4) is 0 Å². The van der Waals surface area contributed by atoms with Crippen LogP contribution in [0.2, 0.25) is 0 Å². The van der Waals surface area contributed by atoms with Crippen LogP contribution in [0.15, 0.2) is 60.7 Å². The van der Waals surface area contributed by atoms with E-state index in [1.807, 2.05) is 65.6 Å². The Morgan fingerprint density at radius 2 is 1.48 bits per heavy atom. The molecule has 1 aliphatic heterocycles. The summed E-state index contributed by atoms with van der Waals surface area (Å²) in [5.41, 5.74) is 1.28. The lowest BCUT2D eigenvalue weighted by molar-refractivity contribution is -0.267.